The largest absolute Gasteiger partial charge is 0.482 e. The number of aromatic nitrogens is 2. The molecular weight excluding hydrogens is 423 g/mol. The van der Waals surface area contributed by atoms with Gasteiger partial charge in [-0.15, -0.1) is 0 Å². The van der Waals surface area contributed by atoms with Crippen molar-refractivity contribution in [3.8, 4) is 11.8 Å². The Bertz CT molecular complexity index is 1070. The molecule has 5 rings (SSSR count). The molecular formula is C24H29FN6O2. The van der Waals surface area contributed by atoms with Crippen LogP contribution in [0.1, 0.15) is 45.1 Å². The van der Waals surface area contributed by atoms with E-state index in [2.05, 4.69) is 45.4 Å². The monoisotopic (exact) mass is 452 g/mol. The summed E-state index contributed by atoms with van der Waals surface area (Å²) in [6.07, 6.45) is 5.36. The second-order valence-corrected chi connectivity index (χ2v) is 9.67. The van der Waals surface area contributed by atoms with Crippen molar-refractivity contribution in [1.82, 2.24) is 14.9 Å². The van der Waals surface area contributed by atoms with Crippen LogP contribution in [0.3, 0.4) is 0 Å². The Balaban J connectivity index is 1.35. The van der Waals surface area contributed by atoms with Gasteiger partial charge in [-0.05, 0) is 58.2 Å². The van der Waals surface area contributed by atoms with Gasteiger partial charge in [0.15, 0.2) is 17.4 Å². The Hall–Kier alpha value is -2.96. The second kappa shape index (κ2) is 8.76. The minimum atomic E-state index is -0.485. The molecule has 0 bridgehead atoms. The van der Waals surface area contributed by atoms with Gasteiger partial charge in [0.1, 0.15) is 12.2 Å². The molecule has 0 radical (unpaired) electrons. The van der Waals surface area contributed by atoms with Gasteiger partial charge in [-0.2, -0.15) is 10.2 Å². The number of piperidine rings is 1. The van der Waals surface area contributed by atoms with E-state index in [1.54, 1.807) is 18.2 Å². The average Bonchev–Trinajstić information content (AvgIpc) is 3.23. The number of halogens is 1. The van der Waals surface area contributed by atoms with Crippen molar-refractivity contribution in [2.75, 3.05) is 30.4 Å². The van der Waals surface area contributed by atoms with Crippen molar-refractivity contribution >= 4 is 17.5 Å². The van der Waals surface area contributed by atoms with Crippen LogP contribution in [-0.4, -0.2) is 58.4 Å². The van der Waals surface area contributed by atoms with Crippen LogP contribution in [0.5, 0.6) is 5.75 Å². The lowest BCUT2D eigenvalue weighted by atomic mass is 9.84. The van der Waals surface area contributed by atoms with Gasteiger partial charge in [-0.1, -0.05) is 6.07 Å². The summed E-state index contributed by atoms with van der Waals surface area (Å²) in [6.45, 7) is 6.63. The number of hydrogen-bond acceptors (Lipinski definition) is 8. The number of ether oxygens (including phenoxy) is 2. The fourth-order valence-electron chi connectivity index (χ4n) is 5.26. The molecule has 3 aliphatic heterocycles. The van der Waals surface area contributed by atoms with Gasteiger partial charge in [-0.25, -0.2) is 9.37 Å². The zero-order chi connectivity index (χ0) is 23.0. The molecule has 3 aliphatic rings. The van der Waals surface area contributed by atoms with Gasteiger partial charge in [0.2, 0.25) is 5.95 Å². The van der Waals surface area contributed by atoms with E-state index >= 15 is 0 Å². The fraction of sp³-hybridized carbons (Fsp3) is 0.542. The third kappa shape index (κ3) is 4.45. The van der Waals surface area contributed by atoms with E-state index in [4.69, 9.17) is 9.47 Å². The maximum absolute atomic E-state index is 14.6. The Morgan fingerprint density at radius 2 is 2.18 bits per heavy atom. The molecule has 9 heteroatoms. The van der Waals surface area contributed by atoms with Gasteiger partial charge in [0, 0.05) is 17.6 Å². The maximum Gasteiger partial charge on any atom is 0.229 e. The average molecular weight is 453 g/mol. The van der Waals surface area contributed by atoms with Gasteiger partial charge in [-0.3, -0.25) is 4.90 Å². The lowest BCUT2D eigenvalue weighted by molar-refractivity contribution is -0.0794. The minimum absolute atomic E-state index is 0.0664. The first-order chi connectivity index (χ1) is 15.9. The number of hydrogen-bond donors (Lipinski definition) is 2. The van der Waals surface area contributed by atoms with Crippen molar-refractivity contribution in [3.05, 3.63) is 35.8 Å². The van der Waals surface area contributed by atoms with Crippen LogP contribution in [-0.2, 0) is 4.74 Å². The molecule has 0 aliphatic carbocycles. The predicted octanol–water partition coefficient (Wildman–Crippen LogP) is 3.83. The molecule has 0 saturated carbocycles. The second-order valence-electron chi connectivity index (χ2n) is 9.67. The van der Waals surface area contributed by atoms with Gasteiger partial charge in [0.05, 0.1) is 30.7 Å². The van der Waals surface area contributed by atoms with E-state index in [0.29, 0.717) is 36.3 Å². The van der Waals surface area contributed by atoms with E-state index in [1.807, 2.05) is 0 Å². The number of benzene rings is 1. The highest BCUT2D eigenvalue weighted by Crippen LogP contribution is 2.39. The number of para-hydroxylation sites is 1. The molecule has 0 spiro atoms. The molecule has 174 valence electrons. The van der Waals surface area contributed by atoms with E-state index in [0.717, 1.165) is 19.4 Å². The highest BCUT2D eigenvalue weighted by molar-refractivity contribution is 5.68. The maximum atomic E-state index is 14.6. The highest BCUT2D eigenvalue weighted by atomic mass is 19.1. The van der Waals surface area contributed by atoms with Gasteiger partial charge in [0.25, 0.3) is 0 Å². The zero-order valence-corrected chi connectivity index (χ0v) is 19.0. The third-order valence-corrected chi connectivity index (χ3v) is 6.82. The summed E-state index contributed by atoms with van der Waals surface area (Å²) in [5, 5.41) is 15.9. The Morgan fingerprint density at radius 1 is 1.33 bits per heavy atom. The van der Waals surface area contributed by atoms with Crippen LogP contribution in [0.4, 0.5) is 21.8 Å². The number of rotatable bonds is 6. The van der Waals surface area contributed by atoms with Crippen molar-refractivity contribution in [2.45, 2.75) is 63.3 Å². The van der Waals surface area contributed by atoms with Crippen LogP contribution in [0.25, 0.3) is 0 Å². The van der Waals surface area contributed by atoms with Crippen molar-refractivity contribution in [3.63, 3.8) is 0 Å². The fourth-order valence-corrected chi connectivity index (χ4v) is 5.26. The van der Waals surface area contributed by atoms with Gasteiger partial charge < -0.3 is 20.1 Å². The molecule has 1 aromatic heterocycles. The lowest BCUT2D eigenvalue weighted by Crippen LogP contribution is -2.55. The summed E-state index contributed by atoms with van der Waals surface area (Å²) in [4.78, 5) is 11.1. The summed E-state index contributed by atoms with van der Waals surface area (Å²) in [6, 6.07) is 8.04. The predicted molar refractivity (Wildman–Crippen MR) is 122 cm³/mol. The Morgan fingerprint density at radius 3 is 2.94 bits per heavy atom. The molecule has 3 saturated heterocycles. The first kappa shape index (κ1) is 21.9. The standard InChI is InChI=1S/C24H29FN6O2/c1-24(2)10-16(9-17-6-4-8-31(17)24)28-22-19(25)12-27-23(30-22)29-20-7-3-5-15(11-26)21(20)33-18-13-32-14-18/h3,5,7,12,16-18H,4,6,8-10,13-14H2,1-2H3,(H2,27,28,29,30). The van der Waals surface area contributed by atoms with Crippen molar-refractivity contribution < 1.29 is 13.9 Å². The number of nitriles is 1. The molecule has 4 heterocycles. The van der Waals surface area contributed by atoms with Crippen LogP contribution in [0, 0.1) is 17.1 Å². The summed E-state index contributed by atoms with van der Waals surface area (Å²) in [7, 11) is 0. The summed E-state index contributed by atoms with van der Waals surface area (Å²) < 4.78 is 25.8. The molecule has 3 fully saturated rings. The number of nitrogens with one attached hydrogen (secondary N) is 2. The first-order valence-electron chi connectivity index (χ1n) is 11.5. The van der Waals surface area contributed by atoms with Crippen LogP contribution in [0.2, 0.25) is 0 Å². The molecule has 33 heavy (non-hydrogen) atoms. The Kier molecular flexibility index (Phi) is 5.81. The smallest absolute Gasteiger partial charge is 0.229 e. The molecule has 2 atom stereocenters. The minimum Gasteiger partial charge on any atom is -0.482 e. The number of nitrogens with zero attached hydrogens (tertiary/aromatic N) is 4. The molecule has 2 aromatic rings. The van der Waals surface area contributed by atoms with E-state index in [-0.39, 0.29) is 29.5 Å². The Labute approximate surface area is 193 Å². The first-order valence-corrected chi connectivity index (χ1v) is 11.5. The lowest BCUT2D eigenvalue weighted by Gasteiger charge is -2.47. The molecule has 0 amide bonds. The molecule has 2 unspecified atom stereocenters. The van der Waals surface area contributed by atoms with Gasteiger partial charge >= 0.3 is 0 Å². The van der Waals surface area contributed by atoms with Crippen molar-refractivity contribution in [1.29, 1.82) is 5.26 Å². The van der Waals surface area contributed by atoms with Crippen LogP contribution >= 0.6 is 0 Å². The summed E-state index contributed by atoms with van der Waals surface area (Å²) in [5.41, 5.74) is 1.02. The SMILES string of the molecule is CC1(C)CC(Nc2nc(Nc3cccc(C#N)c3OC3COC3)ncc2F)CC2CCCN21. The number of anilines is 3. The molecule has 2 N–H and O–H groups in total. The normalized spacial score (nSPS) is 24.4. The number of fused-ring (bicyclic) bond motifs is 1. The van der Waals surface area contributed by atoms with Crippen molar-refractivity contribution in [2.24, 2.45) is 0 Å². The van der Waals surface area contributed by atoms with E-state index < -0.39 is 5.82 Å². The summed E-state index contributed by atoms with van der Waals surface area (Å²) in [5.74, 6) is 0.361. The van der Waals surface area contributed by atoms with E-state index in [9.17, 15) is 9.65 Å². The zero-order valence-electron chi connectivity index (χ0n) is 19.0. The topological polar surface area (TPSA) is 95.3 Å². The third-order valence-electron chi connectivity index (χ3n) is 6.82. The quantitative estimate of drug-likeness (QED) is 0.683. The molecule has 8 nitrogen and oxygen atoms in total. The highest BCUT2D eigenvalue weighted by Gasteiger charge is 2.43. The summed E-state index contributed by atoms with van der Waals surface area (Å²) >= 11 is 0. The molecule has 1 aromatic carbocycles. The van der Waals surface area contributed by atoms with Crippen LogP contribution < -0.4 is 15.4 Å². The van der Waals surface area contributed by atoms with Crippen LogP contribution in [0.15, 0.2) is 24.4 Å². The van der Waals surface area contributed by atoms with E-state index in [1.165, 1.54) is 19.0 Å².